The molecule has 0 saturated heterocycles. The van der Waals surface area contributed by atoms with Gasteiger partial charge in [-0.25, -0.2) is 0 Å². The largest absolute Gasteiger partial charge is 0.490 e. The highest BCUT2D eigenvalue weighted by Crippen LogP contribution is 2.33. The summed E-state index contributed by atoms with van der Waals surface area (Å²) in [6.07, 6.45) is 0. The number of hydrogen-bond donors (Lipinski definition) is 1. The normalized spacial score (nSPS) is 10.4. The molecule has 0 bridgehead atoms. The fraction of sp³-hybridized carbons (Fsp3) is 0.200. The van der Waals surface area contributed by atoms with Crippen LogP contribution in [-0.2, 0) is 0 Å². The molecule has 0 fully saturated rings. The number of rotatable bonds is 5. The Bertz CT molecular complexity index is 604. The van der Waals surface area contributed by atoms with Crippen LogP contribution in [0.2, 0.25) is 10.0 Å². The number of benzene rings is 2. The number of para-hydroxylation sites is 1. The van der Waals surface area contributed by atoms with Gasteiger partial charge in [-0.05, 0) is 40.5 Å². The molecule has 2 aromatic rings. The number of ether oxygens (including phenoxy) is 1. The van der Waals surface area contributed by atoms with Crippen molar-refractivity contribution < 1.29 is 4.74 Å². The molecule has 0 aromatic heterocycles. The predicted molar refractivity (Wildman–Crippen MR) is 89.3 cm³/mol. The average molecular weight is 375 g/mol. The van der Waals surface area contributed by atoms with Crippen LogP contribution in [0.25, 0.3) is 0 Å². The van der Waals surface area contributed by atoms with Gasteiger partial charge in [0.15, 0.2) is 0 Å². The van der Waals surface area contributed by atoms with Crippen LogP contribution in [0.15, 0.2) is 40.9 Å². The molecule has 0 saturated carbocycles. The first-order valence-electron chi connectivity index (χ1n) is 6.15. The summed E-state index contributed by atoms with van der Waals surface area (Å²) in [6.45, 7) is 3.26. The van der Waals surface area contributed by atoms with Crippen molar-refractivity contribution in [2.75, 3.05) is 18.5 Å². The van der Waals surface area contributed by atoms with Gasteiger partial charge < -0.3 is 10.1 Å². The average Bonchev–Trinajstić information content (AvgIpc) is 2.42. The summed E-state index contributed by atoms with van der Waals surface area (Å²) in [5.74, 6) is 0.589. The molecule has 0 spiro atoms. The summed E-state index contributed by atoms with van der Waals surface area (Å²) >= 11 is 15.4. The van der Waals surface area contributed by atoms with E-state index in [-0.39, 0.29) is 0 Å². The van der Waals surface area contributed by atoms with Crippen molar-refractivity contribution in [3.63, 3.8) is 0 Å². The minimum absolute atomic E-state index is 0.506. The van der Waals surface area contributed by atoms with Crippen molar-refractivity contribution in [2.24, 2.45) is 0 Å². The van der Waals surface area contributed by atoms with E-state index in [2.05, 4.69) is 34.2 Å². The van der Waals surface area contributed by atoms with Gasteiger partial charge >= 0.3 is 0 Å². The Kier molecular flexibility index (Phi) is 5.58. The quantitative estimate of drug-likeness (QED) is 0.546. The van der Waals surface area contributed by atoms with E-state index in [9.17, 15) is 0 Å². The number of nitrogens with one attached hydrogen (secondary N) is 1. The Morgan fingerprint density at radius 1 is 1.15 bits per heavy atom. The maximum absolute atomic E-state index is 6.09. The zero-order chi connectivity index (χ0) is 14.5. The minimum atomic E-state index is 0.506. The maximum atomic E-state index is 6.09. The molecule has 2 aromatic carbocycles. The second-order valence-corrected chi connectivity index (χ2v) is 5.96. The lowest BCUT2D eigenvalue weighted by atomic mass is 10.2. The molecule has 0 atom stereocenters. The summed E-state index contributed by atoms with van der Waals surface area (Å²) in [6, 6.07) is 11.6. The van der Waals surface area contributed by atoms with Crippen LogP contribution < -0.4 is 10.1 Å². The topological polar surface area (TPSA) is 21.3 Å². The highest BCUT2D eigenvalue weighted by Gasteiger charge is 2.06. The Morgan fingerprint density at radius 2 is 1.90 bits per heavy atom. The zero-order valence-corrected chi connectivity index (χ0v) is 14.0. The molecule has 0 amide bonds. The van der Waals surface area contributed by atoms with Gasteiger partial charge in [0.25, 0.3) is 0 Å². The summed E-state index contributed by atoms with van der Waals surface area (Å²) < 4.78 is 6.39. The van der Waals surface area contributed by atoms with E-state index in [0.29, 0.717) is 28.9 Å². The van der Waals surface area contributed by atoms with E-state index >= 15 is 0 Å². The first-order chi connectivity index (χ1) is 9.58. The lowest BCUT2D eigenvalue weighted by molar-refractivity contribution is 0.333. The third-order valence-corrected chi connectivity index (χ3v) is 4.29. The molecular formula is C15H14BrCl2NO. The molecule has 20 heavy (non-hydrogen) atoms. The van der Waals surface area contributed by atoms with E-state index in [4.69, 9.17) is 27.9 Å². The fourth-order valence-corrected chi connectivity index (χ4v) is 2.58. The highest BCUT2D eigenvalue weighted by molar-refractivity contribution is 9.10. The first kappa shape index (κ1) is 15.5. The van der Waals surface area contributed by atoms with Crippen molar-refractivity contribution in [2.45, 2.75) is 6.92 Å². The maximum Gasteiger partial charge on any atom is 0.139 e. The summed E-state index contributed by atoms with van der Waals surface area (Å²) in [4.78, 5) is 0. The van der Waals surface area contributed by atoms with Gasteiger partial charge in [-0.2, -0.15) is 0 Å². The Balaban J connectivity index is 1.88. The van der Waals surface area contributed by atoms with E-state index in [1.54, 1.807) is 12.1 Å². The van der Waals surface area contributed by atoms with Gasteiger partial charge in [0.2, 0.25) is 0 Å². The number of aryl methyl sites for hydroxylation is 1. The van der Waals surface area contributed by atoms with Crippen LogP contribution in [-0.4, -0.2) is 13.2 Å². The monoisotopic (exact) mass is 373 g/mol. The molecule has 0 radical (unpaired) electrons. The standard InChI is InChI=1S/C15H14BrCl2NO/c1-10-4-2-3-5-14(10)19-6-7-20-15-9-12(17)11(16)8-13(15)18/h2-5,8-9,19H,6-7H2,1H3. The van der Waals surface area contributed by atoms with E-state index < -0.39 is 0 Å². The Morgan fingerprint density at radius 3 is 2.65 bits per heavy atom. The molecule has 0 aliphatic rings. The van der Waals surface area contributed by atoms with Gasteiger partial charge in [0.05, 0.1) is 10.0 Å². The van der Waals surface area contributed by atoms with Gasteiger partial charge in [0.1, 0.15) is 12.4 Å². The summed E-state index contributed by atoms with van der Waals surface area (Å²) in [7, 11) is 0. The molecule has 0 unspecified atom stereocenters. The van der Waals surface area contributed by atoms with Crippen LogP contribution in [0.3, 0.4) is 0 Å². The molecular weight excluding hydrogens is 361 g/mol. The third kappa shape index (κ3) is 4.05. The van der Waals surface area contributed by atoms with Crippen LogP contribution >= 0.6 is 39.1 Å². The molecule has 2 nitrogen and oxygen atoms in total. The van der Waals surface area contributed by atoms with Crippen LogP contribution in [0, 0.1) is 6.92 Å². The second kappa shape index (κ2) is 7.21. The second-order valence-electron chi connectivity index (χ2n) is 4.29. The lowest BCUT2D eigenvalue weighted by Gasteiger charge is -2.12. The summed E-state index contributed by atoms with van der Waals surface area (Å²) in [5.41, 5.74) is 2.31. The predicted octanol–water partition coefficient (Wildman–Crippen LogP) is 5.56. The van der Waals surface area contributed by atoms with Crippen molar-refractivity contribution in [1.82, 2.24) is 0 Å². The molecule has 0 heterocycles. The van der Waals surface area contributed by atoms with Crippen molar-refractivity contribution in [3.05, 3.63) is 56.5 Å². The Labute approximate surface area is 137 Å². The van der Waals surface area contributed by atoms with Gasteiger partial charge in [-0.3, -0.25) is 0 Å². The lowest BCUT2D eigenvalue weighted by Crippen LogP contribution is -2.12. The van der Waals surface area contributed by atoms with Crippen LogP contribution in [0.4, 0.5) is 5.69 Å². The number of halogens is 3. The molecule has 0 aliphatic carbocycles. The van der Waals surface area contributed by atoms with Crippen LogP contribution in [0.1, 0.15) is 5.56 Å². The SMILES string of the molecule is Cc1ccccc1NCCOc1cc(Cl)c(Br)cc1Cl. The summed E-state index contributed by atoms with van der Waals surface area (Å²) in [5, 5.41) is 4.44. The molecule has 106 valence electrons. The van der Waals surface area contributed by atoms with Crippen molar-refractivity contribution >= 4 is 44.8 Å². The zero-order valence-electron chi connectivity index (χ0n) is 10.9. The minimum Gasteiger partial charge on any atom is -0.490 e. The van der Waals surface area contributed by atoms with Gasteiger partial charge in [-0.1, -0.05) is 41.4 Å². The molecule has 2 rings (SSSR count). The molecule has 5 heteroatoms. The molecule has 1 N–H and O–H groups in total. The van der Waals surface area contributed by atoms with E-state index in [1.807, 2.05) is 18.2 Å². The Hall–Kier alpha value is -0.900. The highest BCUT2D eigenvalue weighted by atomic mass is 79.9. The van der Waals surface area contributed by atoms with Gasteiger partial charge in [-0.15, -0.1) is 0 Å². The van der Waals surface area contributed by atoms with E-state index in [0.717, 1.165) is 10.2 Å². The van der Waals surface area contributed by atoms with Crippen molar-refractivity contribution in [1.29, 1.82) is 0 Å². The first-order valence-corrected chi connectivity index (χ1v) is 7.69. The van der Waals surface area contributed by atoms with Crippen molar-refractivity contribution in [3.8, 4) is 5.75 Å². The molecule has 0 aliphatic heterocycles. The van der Waals surface area contributed by atoms with E-state index in [1.165, 1.54) is 5.56 Å². The third-order valence-electron chi connectivity index (χ3n) is 2.79. The number of hydrogen-bond acceptors (Lipinski definition) is 2. The smallest absolute Gasteiger partial charge is 0.139 e. The fourth-order valence-electron chi connectivity index (χ4n) is 1.73. The number of anilines is 1. The van der Waals surface area contributed by atoms with Crippen LogP contribution in [0.5, 0.6) is 5.75 Å². The van der Waals surface area contributed by atoms with Gasteiger partial charge in [0, 0.05) is 22.8 Å².